The topological polar surface area (TPSA) is 26.3 Å². The summed E-state index contributed by atoms with van der Waals surface area (Å²) in [6, 6.07) is 9.59. The van der Waals surface area contributed by atoms with E-state index in [1.54, 1.807) is 6.07 Å². The van der Waals surface area contributed by atoms with Gasteiger partial charge >= 0.3 is 5.97 Å². The van der Waals surface area contributed by atoms with Crippen LogP contribution in [0, 0.1) is 13.8 Å². The van der Waals surface area contributed by atoms with Crippen molar-refractivity contribution in [2.75, 3.05) is 0 Å². The lowest BCUT2D eigenvalue weighted by atomic mass is 9.92. The normalized spacial score (nSPS) is 11.2. The van der Waals surface area contributed by atoms with Crippen molar-refractivity contribution in [3.8, 4) is 5.75 Å². The predicted molar refractivity (Wildman–Crippen MR) is 103 cm³/mol. The van der Waals surface area contributed by atoms with Gasteiger partial charge in [-0.2, -0.15) is 0 Å². The van der Waals surface area contributed by atoms with Gasteiger partial charge in [0, 0.05) is 10.5 Å². The molecule has 0 N–H and O–H groups in total. The Labute approximate surface area is 150 Å². The smallest absolute Gasteiger partial charge is 0.343 e. The molecule has 3 heteroatoms. The van der Waals surface area contributed by atoms with Crippen molar-refractivity contribution < 1.29 is 9.53 Å². The molecule has 2 nitrogen and oxygen atoms in total. The summed E-state index contributed by atoms with van der Waals surface area (Å²) in [6.07, 6.45) is 0. The Bertz CT molecular complexity index is 761. The van der Waals surface area contributed by atoms with E-state index in [-0.39, 0.29) is 11.9 Å². The molecule has 0 amide bonds. The van der Waals surface area contributed by atoms with E-state index >= 15 is 0 Å². The van der Waals surface area contributed by atoms with E-state index in [1.165, 1.54) is 5.56 Å². The highest BCUT2D eigenvalue weighted by atomic mass is 32.1. The van der Waals surface area contributed by atoms with Gasteiger partial charge in [0.25, 0.3) is 0 Å². The van der Waals surface area contributed by atoms with E-state index in [0.29, 0.717) is 17.2 Å². The second-order valence-corrected chi connectivity index (χ2v) is 7.37. The van der Waals surface area contributed by atoms with Crippen LogP contribution in [-0.2, 0) is 0 Å². The van der Waals surface area contributed by atoms with E-state index in [0.717, 1.165) is 21.6 Å². The molecule has 0 radical (unpaired) electrons. The minimum Gasteiger partial charge on any atom is -0.422 e. The van der Waals surface area contributed by atoms with Gasteiger partial charge in [0.2, 0.25) is 0 Å². The zero-order valence-corrected chi connectivity index (χ0v) is 16.2. The first-order valence-electron chi connectivity index (χ1n) is 8.37. The maximum absolute atomic E-state index is 12.6. The van der Waals surface area contributed by atoms with Gasteiger partial charge in [-0.15, -0.1) is 12.6 Å². The largest absolute Gasteiger partial charge is 0.422 e. The van der Waals surface area contributed by atoms with Gasteiger partial charge in [-0.25, -0.2) is 4.79 Å². The molecule has 0 atom stereocenters. The van der Waals surface area contributed by atoms with Crippen LogP contribution in [0.1, 0.15) is 72.1 Å². The predicted octanol–water partition coefficient (Wildman–Crippen LogP) is 6.06. The summed E-state index contributed by atoms with van der Waals surface area (Å²) in [5, 5.41) is 0. The molecule has 0 bridgehead atoms. The van der Waals surface area contributed by atoms with Gasteiger partial charge in [0.1, 0.15) is 5.75 Å². The highest BCUT2D eigenvalue weighted by molar-refractivity contribution is 7.80. The Morgan fingerprint density at radius 1 is 1.00 bits per heavy atom. The standard InChI is InChI=1S/C21H26O2S/c1-12(2)17-11-18(13(3)4)20(24)15(6)19(17)23-21(22)16-9-7-8-14(5)10-16/h7-13,24H,1-6H3. The minimum absolute atomic E-state index is 0.260. The van der Waals surface area contributed by atoms with Gasteiger partial charge < -0.3 is 4.74 Å². The number of carbonyl (C=O) groups is 1. The van der Waals surface area contributed by atoms with Crippen LogP contribution in [0.3, 0.4) is 0 Å². The number of ether oxygens (including phenoxy) is 1. The molecule has 0 fully saturated rings. The molecule has 0 heterocycles. The van der Waals surface area contributed by atoms with Crippen LogP contribution in [-0.4, -0.2) is 5.97 Å². The molecule has 24 heavy (non-hydrogen) atoms. The molecule has 0 aliphatic carbocycles. The van der Waals surface area contributed by atoms with E-state index < -0.39 is 0 Å². The van der Waals surface area contributed by atoms with Crippen LogP contribution in [0.2, 0.25) is 0 Å². The third kappa shape index (κ3) is 3.84. The Morgan fingerprint density at radius 2 is 1.62 bits per heavy atom. The van der Waals surface area contributed by atoms with Gasteiger partial charge in [-0.05, 0) is 48.9 Å². The van der Waals surface area contributed by atoms with E-state index in [2.05, 4.69) is 46.4 Å². The van der Waals surface area contributed by atoms with Crippen molar-refractivity contribution >= 4 is 18.6 Å². The Morgan fingerprint density at radius 3 is 2.17 bits per heavy atom. The summed E-state index contributed by atoms with van der Waals surface area (Å²) in [6.45, 7) is 12.5. The van der Waals surface area contributed by atoms with Crippen molar-refractivity contribution in [2.45, 2.75) is 58.3 Å². The molecule has 0 saturated heterocycles. The quantitative estimate of drug-likeness (QED) is 0.415. The lowest BCUT2D eigenvalue weighted by Gasteiger charge is -2.21. The van der Waals surface area contributed by atoms with Crippen molar-refractivity contribution in [3.63, 3.8) is 0 Å². The number of aryl methyl sites for hydroxylation is 1. The van der Waals surface area contributed by atoms with Gasteiger partial charge in [-0.1, -0.05) is 51.5 Å². The minimum atomic E-state index is -0.325. The van der Waals surface area contributed by atoms with Crippen LogP contribution >= 0.6 is 12.6 Å². The molecule has 128 valence electrons. The Hall–Kier alpha value is -1.74. The second-order valence-electron chi connectivity index (χ2n) is 6.93. The van der Waals surface area contributed by atoms with Gasteiger partial charge in [-0.3, -0.25) is 0 Å². The molecule has 0 aliphatic rings. The van der Waals surface area contributed by atoms with Crippen LogP contribution < -0.4 is 4.74 Å². The number of rotatable bonds is 4. The SMILES string of the molecule is Cc1cccc(C(=O)Oc2c(C(C)C)cc(C(C)C)c(S)c2C)c1. The number of hydrogen-bond donors (Lipinski definition) is 1. The summed E-state index contributed by atoms with van der Waals surface area (Å²) in [7, 11) is 0. The molecular weight excluding hydrogens is 316 g/mol. The highest BCUT2D eigenvalue weighted by Gasteiger charge is 2.21. The fourth-order valence-electron chi connectivity index (χ4n) is 2.77. The van der Waals surface area contributed by atoms with Crippen molar-refractivity contribution in [1.82, 2.24) is 0 Å². The zero-order valence-electron chi connectivity index (χ0n) is 15.3. The fourth-order valence-corrected chi connectivity index (χ4v) is 3.19. The van der Waals surface area contributed by atoms with Crippen molar-refractivity contribution in [2.24, 2.45) is 0 Å². The molecule has 0 aromatic heterocycles. The second kappa shape index (κ2) is 7.43. The Kier molecular flexibility index (Phi) is 5.76. The highest BCUT2D eigenvalue weighted by Crippen LogP contribution is 2.39. The first-order valence-corrected chi connectivity index (χ1v) is 8.82. The van der Waals surface area contributed by atoms with Gasteiger partial charge in [0.05, 0.1) is 5.56 Å². The van der Waals surface area contributed by atoms with Crippen LogP contribution in [0.4, 0.5) is 0 Å². The maximum atomic E-state index is 12.6. The lowest BCUT2D eigenvalue weighted by molar-refractivity contribution is 0.0731. The van der Waals surface area contributed by atoms with E-state index in [4.69, 9.17) is 4.74 Å². The van der Waals surface area contributed by atoms with E-state index in [9.17, 15) is 4.79 Å². The number of carbonyl (C=O) groups excluding carboxylic acids is 1. The summed E-state index contributed by atoms with van der Waals surface area (Å²) in [4.78, 5) is 13.5. The Balaban J connectivity index is 2.49. The van der Waals surface area contributed by atoms with Crippen LogP contribution in [0.25, 0.3) is 0 Å². The van der Waals surface area contributed by atoms with E-state index in [1.807, 2.05) is 32.0 Å². The molecule has 0 spiro atoms. The fraction of sp³-hybridized carbons (Fsp3) is 0.381. The third-order valence-electron chi connectivity index (χ3n) is 4.23. The van der Waals surface area contributed by atoms with Crippen LogP contribution in [0.15, 0.2) is 35.2 Å². The summed E-state index contributed by atoms with van der Waals surface area (Å²) in [5.41, 5.74) is 4.77. The monoisotopic (exact) mass is 342 g/mol. The average molecular weight is 343 g/mol. The molecule has 0 saturated carbocycles. The average Bonchev–Trinajstić information content (AvgIpc) is 2.51. The molecule has 0 unspecified atom stereocenters. The molecule has 2 rings (SSSR count). The zero-order chi connectivity index (χ0) is 18.0. The summed E-state index contributed by atoms with van der Waals surface area (Å²) in [5.74, 6) is 0.949. The summed E-state index contributed by atoms with van der Waals surface area (Å²) >= 11 is 4.67. The molecule has 0 aliphatic heterocycles. The number of hydrogen-bond acceptors (Lipinski definition) is 3. The lowest BCUT2D eigenvalue weighted by Crippen LogP contribution is -2.12. The van der Waals surface area contributed by atoms with Crippen LogP contribution in [0.5, 0.6) is 5.75 Å². The summed E-state index contributed by atoms with van der Waals surface area (Å²) < 4.78 is 5.81. The molecule has 2 aromatic carbocycles. The number of esters is 1. The van der Waals surface area contributed by atoms with Crippen molar-refractivity contribution in [1.29, 1.82) is 0 Å². The number of benzene rings is 2. The maximum Gasteiger partial charge on any atom is 0.343 e. The number of thiol groups is 1. The first-order chi connectivity index (χ1) is 11.2. The molecular formula is C21H26O2S. The molecule has 2 aromatic rings. The van der Waals surface area contributed by atoms with Gasteiger partial charge in [0.15, 0.2) is 0 Å². The third-order valence-corrected chi connectivity index (χ3v) is 4.83. The first kappa shape index (κ1) is 18.6. The van der Waals surface area contributed by atoms with Crippen molar-refractivity contribution in [3.05, 3.63) is 58.1 Å².